The first-order valence-electron chi connectivity index (χ1n) is 8.63. The van der Waals surface area contributed by atoms with Crippen molar-refractivity contribution in [3.63, 3.8) is 0 Å². The van der Waals surface area contributed by atoms with Crippen molar-refractivity contribution in [3.05, 3.63) is 33.9 Å². The van der Waals surface area contributed by atoms with Crippen LogP contribution in [0.25, 0.3) is 0 Å². The van der Waals surface area contributed by atoms with Crippen LogP contribution in [0.4, 0.5) is 24.5 Å². The average Bonchev–Trinajstić information content (AvgIpc) is 2.99. The summed E-state index contributed by atoms with van der Waals surface area (Å²) in [4.78, 5) is 14.2. The number of nitrogens with zero attached hydrogens (tertiary/aromatic N) is 3. The summed E-state index contributed by atoms with van der Waals surface area (Å²) in [6.07, 6.45) is -0.609. The second-order valence-electron chi connectivity index (χ2n) is 6.90. The number of nitro groups is 1. The molecule has 0 bridgehead atoms. The van der Waals surface area contributed by atoms with Crippen molar-refractivity contribution < 1.29 is 18.1 Å². The first-order chi connectivity index (χ1) is 11.8. The number of halogens is 3. The molecule has 2 heterocycles. The number of rotatable bonds is 3. The summed E-state index contributed by atoms with van der Waals surface area (Å²) in [6, 6.07) is 3.99. The molecule has 0 radical (unpaired) electrons. The topological polar surface area (TPSA) is 49.6 Å². The zero-order valence-electron chi connectivity index (χ0n) is 14.1. The Kier molecular flexibility index (Phi) is 4.90. The highest BCUT2D eigenvalue weighted by Gasteiger charge is 2.38. The Hall–Kier alpha value is -1.83. The Morgan fingerprint density at radius 1 is 1.16 bits per heavy atom. The van der Waals surface area contributed by atoms with Crippen LogP contribution in [0.3, 0.4) is 0 Å². The molecule has 0 amide bonds. The molecule has 1 atom stereocenters. The van der Waals surface area contributed by atoms with Crippen LogP contribution in [0.2, 0.25) is 0 Å². The van der Waals surface area contributed by atoms with E-state index in [2.05, 4.69) is 11.8 Å². The minimum absolute atomic E-state index is 0.0472. The van der Waals surface area contributed by atoms with Crippen molar-refractivity contribution in [2.75, 3.05) is 24.5 Å². The monoisotopic (exact) mass is 357 g/mol. The minimum atomic E-state index is -4.61. The fourth-order valence-electron chi connectivity index (χ4n) is 4.08. The van der Waals surface area contributed by atoms with Gasteiger partial charge in [0, 0.05) is 43.0 Å². The van der Waals surface area contributed by atoms with Gasteiger partial charge in [-0.3, -0.25) is 15.0 Å². The van der Waals surface area contributed by atoms with E-state index in [-0.39, 0.29) is 5.69 Å². The third-order valence-corrected chi connectivity index (χ3v) is 5.37. The lowest BCUT2D eigenvalue weighted by Gasteiger charge is -2.40. The fraction of sp³-hybridized carbons (Fsp3) is 0.647. The maximum absolute atomic E-state index is 13.4. The predicted octanol–water partition coefficient (Wildman–Crippen LogP) is 4.07. The number of non-ortho nitro benzene ring substituents is 1. The van der Waals surface area contributed by atoms with Gasteiger partial charge in [-0.05, 0) is 45.2 Å². The van der Waals surface area contributed by atoms with Crippen LogP contribution < -0.4 is 4.90 Å². The average molecular weight is 357 g/mol. The van der Waals surface area contributed by atoms with Gasteiger partial charge in [-0.1, -0.05) is 0 Å². The van der Waals surface area contributed by atoms with E-state index < -0.39 is 22.4 Å². The van der Waals surface area contributed by atoms with E-state index in [9.17, 15) is 23.3 Å². The fourth-order valence-corrected chi connectivity index (χ4v) is 4.08. The van der Waals surface area contributed by atoms with Crippen molar-refractivity contribution in [3.8, 4) is 0 Å². The number of piperidine rings is 1. The summed E-state index contributed by atoms with van der Waals surface area (Å²) in [6.45, 7) is 4.35. The molecule has 2 aliphatic heterocycles. The van der Waals surface area contributed by atoms with Crippen molar-refractivity contribution >= 4 is 11.4 Å². The molecule has 2 saturated heterocycles. The minimum Gasteiger partial charge on any atom is -0.371 e. The van der Waals surface area contributed by atoms with Crippen LogP contribution in [0.15, 0.2) is 18.2 Å². The zero-order valence-corrected chi connectivity index (χ0v) is 14.1. The van der Waals surface area contributed by atoms with Gasteiger partial charge in [0.05, 0.1) is 10.5 Å². The van der Waals surface area contributed by atoms with E-state index in [0.717, 1.165) is 25.5 Å². The van der Waals surface area contributed by atoms with Gasteiger partial charge >= 0.3 is 6.18 Å². The Morgan fingerprint density at radius 2 is 1.84 bits per heavy atom. The van der Waals surface area contributed by atoms with Crippen LogP contribution in [0.1, 0.15) is 38.2 Å². The summed E-state index contributed by atoms with van der Waals surface area (Å²) in [5.74, 6) is 0. The van der Waals surface area contributed by atoms with Crippen LogP contribution in [0, 0.1) is 10.1 Å². The molecule has 0 spiro atoms. The summed E-state index contributed by atoms with van der Waals surface area (Å²) in [7, 11) is 0. The predicted molar refractivity (Wildman–Crippen MR) is 88.7 cm³/mol. The molecule has 8 heteroatoms. The number of likely N-dealkylation sites (tertiary alicyclic amines) is 1. The van der Waals surface area contributed by atoms with Gasteiger partial charge in [0.2, 0.25) is 0 Å². The Balaban J connectivity index is 1.77. The largest absolute Gasteiger partial charge is 0.418 e. The van der Waals surface area contributed by atoms with Crippen LogP contribution in [-0.4, -0.2) is 41.5 Å². The highest BCUT2D eigenvalue weighted by molar-refractivity contribution is 5.59. The Bertz CT molecular complexity index is 643. The van der Waals surface area contributed by atoms with E-state index in [0.29, 0.717) is 31.2 Å². The Labute approximate surface area is 144 Å². The molecule has 5 nitrogen and oxygen atoms in total. The van der Waals surface area contributed by atoms with Gasteiger partial charge < -0.3 is 4.90 Å². The standard InChI is InChI=1S/C17H22F3N3O2/c1-12-3-2-8-22(12)13-6-9-21(10-7-13)16-5-4-14(23(24)25)11-15(16)17(18,19)20/h4-5,11-13H,2-3,6-10H2,1H3. The molecule has 138 valence electrons. The number of benzene rings is 1. The van der Waals surface area contributed by atoms with Gasteiger partial charge in [0.1, 0.15) is 0 Å². The smallest absolute Gasteiger partial charge is 0.371 e. The molecule has 0 aliphatic carbocycles. The summed E-state index contributed by atoms with van der Waals surface area (Å²) >= 11 is 0. The van der Waals surface area contributed by atoms with Crippen molar-refractivity contribution in [2.45, 2.75) is 50.9 Å². The lowest BCUT2D eigenvalue weighted by Crippen LogP contribution is -2.46. The van der Waals surface area contributed by atoms with Gasteiger partial charge in [0.25, 0.3) is 5.69 Å². The molecule has 1 aromatic carbocycles. The number of nitro benzene ring substituents is 1. The van der Waals surface area contributed by atoms with Gasteiger partial charge in [-0.15, -0.1) is 0 Å². The van der Waals surface area contributed by atoms with Crippen LogP contribution >= 0.6 is 0 Å². The number of alkyl halides is 3. The third kappa shape index (κ3) is 3.73. The molecular weight excluding hydrogens is 335 g/mol. The van der Waals surface area contributed by atoms with E-state index in [1.807, 2.05) is 0 Å². The molecule has 0 aromatic heterocycles. The summed E-state index contributed by atoms with van der Waals surface area (Å²) in [5.41, 5.74) is -1.41. The zero-order chi connectivity index (χ0) is 18.2. The second-order valence-corrected chi connectivity index (χ2v) is 6.90. The Morgan fingerprint density at radius 3 is 2.36 bits per heavy atom. The highest BCUT2D eigenvalue weighted by Crippen LogP contribution is 2.40. The van der Waals surface area contributed by atoms with Gasteiger partial charge in [-0.25, -0.2) is 0 Å². The van der Waals surface area contributed by atoms with Crippen molar-refractivity contribution in [2.24, 2.45) is 0 Å². The number of anilines is 1. The molecular formula is C17H22F3N3O2. The molecule has 0 N–H and O–H groups in total. The third-order valence-electron chi connectivity index (χ3n) is 5.37. The van der Waals surface area contributed by atoms with Crippen molar-refractivity contribution in [1.29, 1.82) is 0 Å². The lowest BCUT2D eigenvalue weighted by molar-refractivity contribution is -0.385. The molecule has 0 saturated carbocycles. The molecule has 2 fully saturated rings. The molecule has 1 aromatic rings. The number of hydrogen-bond acceptors (Lipinski definition) is 4. The first kappa shape index (κ1) is 18.0. The van der Waals surface area contributed by atoms with E-state index in [4.69, 9.17) is 0 Å². The maximum Gasteiger partial charge on any atom is 0.418 e. The summed E-state index contributed by atoms with van der Waals surface area (Å²) < 4.78 is 40.1. The molecule has 3 rings (SSSR count). The SMILES string of the molecule is CC1CCCN1C1CCN(c2ccc([N+](=O)[O-])cc2C(F)(F)F)CC1. The molecule has 1 unspecified atom stereocenters. The van der Waals surface area contributed by atoms with E-state index >= 15 is 0 Å². The first-order valence-corrected chi connectivity index (χ1v) is 8.63. The van der Waals surface area contributed by atoms with Gasteiger partial charge in [-0.2, -0.15) is 13.2 Å². The quantitative estimate of drug-likeness (QED) is 0.604. The van der Waals surface area contributed by atoms with E-state index in [1.165, 1.54) is 18.9 Å². The van der Waals surface area contributed by atoms with Crippen molar-refractivity contribution in [1.82, 2.24) is 4.90 Å². The van der Waals surface area contributed by atoms with Gasteiger partial charge in [0.15, 0.2) is 0 Å². The summed E-state index contributed by atoms with van der Waals surface area (Å²) in [5, 5.41) is 10.8. The molecule has 25 heavy (non-hydrogen) atoms. The maximum atomic E-state index is 13.4. The van der Waals surface area contributed by atoms with E-state index in [1.54, 1.807) is 4.90 Å². The van der Waals surface area contributed by atoms with Crippen LogP contribution in [-0.2, 0) is 6.18 Å². The number of hydrogen-bond donors (Lipinski definition) is 0. The highest BCUT2D eigenvalue weighted by atomic mass is 19.4. The molecule has 2 aliphatic rings. The van der Waals surface area contributed by atoms with Crippen LogP contribution in [0.5, 0.6) is 0 Å². The normalized spacial score (nSPS) is 23.2. The second kappa shape index (κ2) is 6.82. The lowest BCUT2D eigenvalue weighted by atomic mass is 10.0.